The molecule has 0 amide bonds. The number of hydrogen-bond acceptors (Lipinski definition) is 5. The Hall–Kier alpha value is -2.67. The molecule has 1 aromatic heterocycles. The SMILES string of the molecule is O=[N+]([O-])c1ccc2c(c1)C(c1ccccn1)=NCC(=S)N2. The maximum atomic E-state index is 11.0. The first-order chi connectivity index (χ1) is 10.1. The normalized spacial score (nSPS) is 13.7. The summed E-state index contributed by atoms with van der Waals surface area (Å²) in [5, 5.41) is 14.0. The summed E-state index contributed by atoms with van der Waals surface area (Å²) in [4.78, 5) is 19.8. The number of fused-ring (bicyclic) bond motifs is 1. The Kier molecular flexibility index (Phi) is 3.41. The number of hydrogen-bond donors (Lipinski definition) is 1. The Morgan fingerprint density at radius 2 is 2.14 bits per heavy atom. The van der Waals surface area contributed by atoms with Gasteiger partial charge in [-0.15, -0.1) is 0 Å². The van der Waals surface area contributed by atoms with Crippen molar-refractivity contribution in [2.24, 2.45) is 4.99 Å². The molecule has 0 unspecified atom stereocenters. The first-order valence-corrected chi connectivity index (χ1v) is 6.60. The lowest BCUT2D eigenvalue weighted by Crippen LogP contribution is -2.11. The smallest absolute Gasteiger partial charge is 0.270 e. The van der Waals surface area contributed by atoms with E-state index in [1.807, 2.05) is 12.1 Å². The van der Waals surface area contributed by atoms with Crippen LogP contribution in [0.15, 0.2) is 47.6 Å². The summed E-state index contributed by atoms with van der Waals surface area (Å²) in [6.45, 7) is 0.323. The van der Waals surface area contributed by atoms with Crippen molar-refractivity contribution in [3.63, 3.8) is 0 Å². The van der Waals surface area contributed by atoms with E-state index in [-0.39, 0.29) is 5.69 Å². The second-order valence-electron chi connectivity index (χ2n) is 4.41. The predicted octanol–water partition coefficient (Wildman–Crippen LogP) is 2.58. The number of nitro benzene ring substituents is 1. The van der Waals surface area contributed by atoms with Crippen LogP contribution in [0.3, 0.4) is 0 Å². The fourth-order valence-electron chi connectivity index (χ4n) is 2.10. The molecule has 1 N–H and O–H groups in total. The molecule has 6 nitrogen and oxygen atoms in total. The van der Waals surface area contributed by atoms with Gasteiger partial charge in [0.05, 0.1) is 22.9 Å². The van der Waals surface area contributed by atoms with Crippen LogP contribution in [-0.2, 0) is 0 Å². The third kappa shape index (κ3) is 2.63. The van der Waals surface area contributed by atoms with Gasteiger partial charge in [0.15, 0.2) is 0 Å². The molecule has 1 aromatic carbocycles. The van der Waals surface area contributed by atoms with Gasteiger partial charge in [-0.05, 0) is 18.2 Å². The molecule has 0 aliphatic carbocycles. The van der Waals surface area contributed by atoms with Crippen molar-refractivity contribution in [3.8, 4) is 0 Å². The van der Waals surface area contributed by atoms with Gasteiger partial charge in [-0.3, -0.25) is 20.1 Å². The summed E-state index contributed by atoms with van der Waals surface area (Å²) >= 11 is 5.18. The topological polar surface area (TPSA) is 80.4 Å². The number of aliphatic imine (C=N–C) groups is 1. The highest BCUT2D eigenvalue weighted by Gasteiger charge is 2.20. The molecule has 0 spiro atoms. The third-order valence-electron chi connectivity index (χ3n) is 3.03. The summed E-state index contributed by atoms with van der Waals surface area (Å²) in [6.07, 6.45) is 1.66. The summed E-state index contributed by atoms with van der Waals surface area (Å²) in [7, 11) is 0. The van der Waals surface area contributed by atoms with E-state index in [0.717, 1.165) is 0 Å². The molecule has 3 rings (SSSR count). The lowest BCUT2D eigenvalue weighted by atomic mass is 10.0. The summed E-state index contributed by atoms with van der Waals surface area (Å²) in [5.74, 6) is 0. The van der Waals surface area contributed by atoms with E-state index in [0.29, 0.717) is 34.2 Å². The fraction of sp³-hybridized carbons (Fsp3) is 0.0714. The lowest BCUT2D eigenvalue weighted by molar-refractivity contribution is -0.384. The predicted molar refractivity (Wildman–Crippen MR) is 84.1 cm³/mol. The Balaban J connectivity index is 2.20. The van der Waals surface area contributed by atoms with Crippen molar-refractivity contribution in [2.75, 3.05) is 11.9 Å². The number of aromatic nitrogens is 1. The zero-order chi connectivity index (χ0) is 14.8. The first-order valence-electron chi connectivity index (χ1n) is 6.19. The molecule has 0 atom stereocenters. The largest absolute Gasteiger partial charge is 0.348 e. The fourth-order valence-corrected chi connectivity index (χ4v) is 2.27. The van der Waals surface area contributed by atoms with E-state index >= 15 is 0 Å². The molecule has 0 bridgehead atoms. The average molecular weight is 298 g/mol. The lowest BCUT2D eigenvalue weighted by Gasteiger charge is -2.09. The minimum absolute atomic E-state index is 0.00648. The molecule has 2 aromatic rings. The highest BCUT2D eigenvalue weighted by Crippen LogP contribution is 2.26. The second-order valence-corrected chi connectivity index (χ2v) is 4.91. The van der Waals surface area contributed by atoms with Crippen LogP contribution in [0.4, 0.5) is 11.4 Å². The van der Waals surface area contributed by atoms with Crippen molar-refractivity contribution in [2.45, 2.75) is 0 Å². The van der Waals surface area contributed by atoms with Crippen molar-refractivity contribution < 1.29 is 4.92 Å². The zero-order valence-electron chi connectivity index (χ0n) is 10.8. The number of pyridine rings is 1. The highest BCUT2D eigenvalue weighted by molar-refractivity contribution is 7.80. The van der Waals surface area contributed by atoms with Gasteiger partial charge in [-0.1, -0.05) is 18.3 Å². The maximum absolute atomic E-state index is 11.0. The van der Waals surface area contributed by atoms with Crippen molar-refractivity contribution in [1.82, 2.24) is 4.98 Å². The first kappa shape index (κ1) is 13.3. The number of benzodiazepines with no additional fused rings is 1. The van der Waals surface area contributed by atoms with Crippen molar-refractivity contribution in [3.05, 3.63) is 64.0 Å². The minimum atomic E-state index is -0.431. The van der Waals surface area contributed by atoms with Gasteiger partial charge < -0.3 is 5.32 Å². The standard InChI is InChI=1S/C14H10N4O2S/c19-18(20)9-4-5-11-10(7-9)14(16-8-13(21)17-11)12-3-1-2-6-15-12/h1-7H,8H2,(H,17,21). The molecule has 21 heavy (non-hydrogen) atoms. The third-order valence-corrected chi connectivity index (χ3v) is 3.26. The molecule has 0 radical (unpaired) electrons. The number of nitrogens with zero attached hydrogens (tertiary/aromatic N) is 3. The number of rotatable bonds is 2. The van der Waals surface area contributed by atoms with Gasteiger partial charge in [0.1, 0.15) is 4.99 Å². The van der Waals surface area contributed by atoms with Crippen LogP contribution in [0.25, 0.3) is 0 Å². The van der Waals surface area contributed by atoms with E-state index in [9.17, 15) is 10.1 Å². The van der Waals surface area contributed by atoms with Crippen LogP contribution in [-0.4, -0.2) is 27.2 Å². The molecule has 0 fully saturated rings. The van der Waals surface area contributed by atoms with Crippen LogP contribution in [0.2, 0.25) is 0 Å². The van der Waals surface area contributed by atoms with Crippen LogP contribution in [0.1, 0.15) is 11.3 Å². The number of anilines is 1. The van der Waals surface area contributed by atoms with Crippen LogP contribution < -0.4 is 5.32 Å². The molecule has 7 heteroatoms. The average Bonchev–Trinajstić information content (AvgIpc) is 2.65. The number of non-ortho nitro benzene ring substituents is 1. The van der Waals surface area contributed by atoms with E-state index in [1.165, 1.54) is 12.1 Å². The number of thiocarbonyl (C=S) groups is 1. The molecule has 0 saturated carbocycles. The van der Waals surface area contributed by atoms with Gasteiger partial charge in [-0.25, -0.2) is 0 Å². The summed E-state index contributed by atoms with van der Waals surface area (Å²) < 4.78 is 0. The number of nitrogens with one attached hydrogen (secondary N) is 1. The van der Waals surface area contributed by atoms with E-state index < -0.39 is 4.92 Å². The van der Waals surface area contributed by atoms with E-state index in [2.05, 4.69) is 15.3 Å². The number of benzene rings is 1. The Labute approximate surface area is 125 Å². The van der Waals surface area contributed by atoms with Crippen LogP contribution in [0.5, 0.6) is 0 Å². The monoisotopic (exact) mass is 298 g/mol. The summed E-state index contributed by atoms with van der Waals surface area (Å²) in [6, 6.07) is 10.0. The van der Waals surface area contributed by atoms with Crippen LogP contribution in [0, 0.1) is 10.1 Å². The molecular weight excluding hydrogens is 288 g/mol. The molecule has 1 aliphatic rings. The van der Waals surface area contributed by atoms with Crippen molar-refractivity contribution in [1.29, 1.82) is 0 Å². The maximum Gasteiger partial charge on any atom is 0.270 e. The van der Waals surface area contributed by atoms with Crippen molar-refractivity contribution >= 4 is 34.3 Å². The van der Waals surface area contributed by atoms with E-state index in [4.69, 9.17) is 12.2 Å². The van der Waals surface area contributed by atoms with Gasteiger partial charge >= 0.3 is 0 Å². The Morgan fingerprint density at radius 1 is 1.29 bits per heavy atom. The quantitative estimate of drug-likeness (QED) is 0.523. The van der Waals surface area contributed by atoms with Gasteiger partial charge in [-0.2, -0.15) is 0 Å². The van der Waals surface area contributed by atoms with Gasteiger partial charge in [0.2, 0.25) is 0 Å². The Bertz CT molecular complexity index is 759. The van der Waals surface area contributed by atoms with Gasteiger partial charge in [0, 0.05) is 29.6 Å². The zero-order valence-corrected chi connectivity index (χ0v) is 11.6. The minimum Gasteiger partial charge on any atom is -0.348 e. The highest BCUT2D eigenvalue weighted by atomic mass is 32.1. The number of nitro groups is 1. The molecule has 0 saturated heterocycles. The molecular formula is C14H10N4O2S. The molecule has 104 valence electrons. The van der Waals surface area contributed by atoms with E-state index in [1.54, 1.807) is 18.3 Å². The van der Waals surface area contributed by atoms with Crippen LogP contribution >= 0.6 is 12.2 Å². The second kappa shape index (κ2) is 5.37. The van der Waals surface area contributed by atoms with Gasteiger partial charge in [0.25, 0.3) is 5.69 Å². The summed E-state index contributed by atoms with van der Waals surface area (Å²) in [5.41, 5.74) is 2.59. The Morgan fingerprint density at radius 3 is 2.86 bits per heavy atom. The molecule has 1 aliphatic heterocycles. The molecule has 2 heterocycles.